The van der Waals surface area contributed by atoms with Crippen LogP contribution in [-0.2, 0) is 9.59 Å². The van der Waals surface area contributed by atoms with E-state index in [1.807, 2.05) is 4.90 Å². The predicted octanol–water partition coefficient (Wildman–Crippen LogP) is 1.61. The van der Waals surface area contributed by atoms with Crippen LogP contribution in [0, 0.1) is 5.92 Å². The van der Waals surface area contributed by atoms with Crippen molar-refractivity contribution in [2.45, 2.75) is 44.6 Å². The van der Waals surface area contributed by atoms with Gasteiger partial charge in [-0.05, 0) is 25.7 Å². The topological polar surface area (TPSA) is 72.4 Å². The third-order valence-electron chi connectivity index (χ3n) is 4.41. The minimum Gasteiger partial charge on any atom is -0.471 e. The van der Waals surface area contributed by atoms with Crippen LogP contribution in [0.15, 0.2) is 18.6 Å². The molecule has 0 aromatic carbocycles. The van der Waals surface area contributed by atoms with Gasteiger partial charge in [-0.1, -0.05) is 0 Å². The number of Topliss-reactive ketones (excluding diaryl/α,β-unsaturated/α-hetero) is 1. The molecule has 0 spiro atoms. The Morgan fingerprint density at radius 3 is 2.77 bits per heavy atom. The molecule has 1 aliphatic carbocycles. The lowest BCUT2D eigenvalue weighted by Gasteiger charge is -2.35. The first-order valence-electron chi connectivity index (χ1n) is 7.95. The molecule has 1 saturated heterocycles. The second-order valence-electron chi connectivity index (χ2n) is 6.02. The molecule has 3 rings (SSSR count). The first kappa shape index (κ1) is 14.9. The van der Waals surface area contributed by atoms with E-state index in [2.05, 4.69) is 9.97 Å². The van der Waals surface area contributed by atoms with Crippen molar-refractivity contribution >= 4 is 11.7 Å². The van der Waals surface area contributed by atoms with Gasteiger partial charge in [0.05, 0.1) is 12.7 Å². The molecule has 1 amide bonds. The highest BCUT2D eigenvalue weighted by molar-refractivity contribution is 5.84. The molecule has 0 radical (unpaired) electrons. The zero-order valence-electron chi connectivity index (χ0n) is 12.6. The van der Waals surface area contributed by atoms with E-state index in [4.69, 9.17) is 4.74 Å². The molecular weight excluding hydrogens is 282 g/mol. The van der Waals surface area contributed by atoms with Gasteiger partial charge >= 0.3 is 0 Å². The van der Waals surface area contributed by atoms with Crippen LogP contribution in [0.25, 0.3) is 0 Å². The normalized spacial score (nSPS) is 23.4. The Hall–Kier alpha value is -1.98. The largest absolute Gasteiger partial charge is 0.471 e. The molecule has 0 bridgehead atoms. The number of rotatable bonds is 3. The number of carbonyl (C=O) groups is 2. The van der Waals surface area contributed by atoms with Crippen molar-refractivity contribution in [1.29, 1.82) is 0 Å². The molecule has 1 aliphatic heterocycles. The fraction of sp³-hybridized carbons (Fsp3) is 0.625. The standard InChI is InChI=1S/C16H21N3O3/c20-13-5-3-12(4-6-13)16(21)19-9-1-2-14(11-19)22-15-10-17-7-8-18-15/h7-8,10,12,14H,1-6,9,11H2. The van der Waals surface area contributed by atoms with Gasteiger partial charge in [-0.2, -0.15) is 0 Å². The maximum atomic E-state index is 12.6. The minimum atomic E-state index is -0.0281. The van der Waals surface area contributed by atoms with E-state index in [9.17, 15) is 9.59 Å². The van der Waals surface area contributed by atoms with Crippen LogP contribution < -0.4 is 4.74 Å². The van der Waals surface area contributed by atoms with Gasteiger partial charge in [0.1, 0.15) is 11.9 Å². The van der Waals surface area contributed by atoms with Gasteiger partial charge in [0.25, 0.3) is 0 Å². The lowest BCUT2D eigenvalue weighted by molar-refractivity contribution is -0.140. The number of amides is 1. The number of piperidine rings is 1. The quantitative estimate of drug-likeness (QED) is 0.848. The molecular formula is C16H21N3O3. The van der Waals surface area contributed by atoms with Gasteiger partial charge in [-0.3, -0.25) is 14.6 Å². The van der Waals surface area contributed by atoms with Crippen LogP contribution >= 0.6 is 0 Å². The second kappa shape index (κ2) is 6.85. The Morgan fingerprint density at radius 2 is 2.05 bits per heavy atom. The van der Waals surface area contributed by atoms with Gasteiger partial charge in [0, 0.05) is 37.7 Å². The fourth-order valence-electron chi connectivity index (χ4n) is 3.20. The molecule has 22 heavy (non-hydrogen) atoms. The number of likely N-dealkylation sites (tertiary alicyclic amines) is 1. The summed E-state index contributed by atoms with van der Waals surface area (Å²) in [5, 5.41) is 0. The summed E-state index contributed by atoms with van der Waals surface area (Å²) in [6.07, 6.45) is 9.11. The molecule has 2 aliphatic rings. The number of nitrogens with zero attached hydrogens (tertiary/aromatic N) is 3. The number of ketones is 1. The number of hydrogen-bond donors (Lipinski definition) is 0. The molecule has 6 nitrogen and oxygen atoms in total. The summed E-state index contributed by atoms with van der Waals surface area (Å²) >= 11 is 0. The molecule has 1 unspecified atom stereocenters. The molecule has 6 heteroatoms. The molecule has 1 aromatic rings. The van der Waals surface area contributed by atoms with Gasteiger partial charge in [0.15, 0.2) is 0 Å². The highest BCUT2D eigenvalue weighted by Gasteiger charge is 2.32. The first-order valence-corrected chi connectivity index (χ1v) is 7.95. The van der Waals surface area contributed by atoms with E-state index in [0.29, 0.717) is 38.1 Å². The van der Waals surface area contributed by atoms with Crippen LogP contribution in [-0.4, -0.2) is 45.8 Å². The summed E-state index contributed by atoms with van der Waals surface area (Å²) in [4.78, 5) is 33.9. The summed E-state index contributed by atoms with van der Waals surface area (Å²) in [7, 11) is 0. The monoisotopic (exact) mass is 303 g/mol. The molecule has 1 saturated carbocycles. The summed E-state index contributed by atoms with van der Waals surface area (Å²) in [6.45, 7) is 1.38. The SMILES string of the molecule is O=C1CCC(C(=O)N2CCCC(Oc3cnccn3)C2)CC1. The van der Waals surface area contributed by atoms with Crippen LogP contribution in [0.2, 0.25) is 0 Å². The average Bonchev–Trinajstić information content (AvgIpc) is 2.56. The number of ether oxygens (including phenoxy) is 1. The van der Waals surface area contributed by atoms with Crippen molar-refractivity contribution in [1.82, 2.24) is 14.9 Å². The maximum absolute atomic E-state index is 12.6. The van der Waals surface area contributed by atoms with Crippen LogP contribution in [0.1, 0.15) is 38.5 Å². The molecule has 2 fully saturated rings. The molecule has 1 atom stereocenters. The highest BCUT2D eigenvalue weighted by Crippen LogP contribution is 2.25. The Morgan fingerprint density at radius 1 is 1.23 bits per heavy atom. The summed E-state index contributed by atoms with van der Waals surface area (Å²) in [5.41, 5.74) is 0. The summed E-state index contributed by atoms with van der Waals surface area (Å²) in [5.74, 6) is 0.976. The van der Waals surface area contributed by atoms with E-state index >= 15 is 0 Å². The number of aromatic nitrogens is 2. The third kappa shape index (κ3) is 3.61. The zero-order valence-corrected chi connectivity index (χ0v) is 12.6. The Bertz CT molecular complexity index is 525. The molecule has 1 aromatic heterocycles. The van der Waals surface area contributed by atoms with Crippen LogP contribution in [0.5, 0.6) is 5.88 Å². The minimum absolute atomic E-state index is 0.00738. The maximum Gasteiger partial charge on any atom is 0.232 e. The van der Waals surface area contributed by atoms with Gasteiger partial charge in [-0.25, -0.2) is 4.98 Å². The number of carbonyl (C=O) groups excluding carboxylic acids is 2. The van der Waals surface area contributed by atoms with Gasteiger partial charge < -0.3 is 9.64 Å². The van der Waals surface area contributed by atoms with Crippen molar-refractivity contribution < 1.29 is 14.3 Å². The van der Waals surface area contributed by atoms with E-state index in [1.54, 1.807) is 18.6 Å². The van der Waals surface area contributed by atoms with E-state index in [-0.39, 0.29) is 23.7 Å². The summed E-state index contributed by atoms with van der Waals surface area (Å²) < 4.78 is 5.82. The zero-order chi connectivity index (χ0) is 15.4. The lowest BCUT2D eigenvalue weighted by Crippen LogP contribution is -2.47. The van der Waals surface area contributed by atoms with Crippen molar-refractivity contribution in [2.75, 3.05) is 13.1 Å². The van der Waals surface area contributed by atoms with Crippen molar-refractivity contribution in [3.8, 4) is 5.88 Å². The number of hydrogen-bond acceptors (Lipinski definition) is 5. The summed E-state index contributed by atoms with van der Waals surface area (Å²) in [6, 6.07) is 0. The molecule has 2 heterocycles. The van der Waals surface area contributed by atoms with Crippen LogP contribution in [0.4, 0.5) is 0 Å². The van der Waals surface area contributed by atoms with E-state index in [0.717, 1.165) is 19.4 Å². The Labute approximate surface area is 129 Å². The first-order chi connectivity index (χ1) is 10.7. The highest BCUT2D eigenvalue weighted by atomic mass is 16.5. The Balaban J connectivity index is 1.56. The fourth-order valence-corrected chi connectivity index (χ4v) is 3.20. The third-order valence-corrected chi connectivity index (χ3v) is 4.41. The average molecular weight is 303 g/mol. The smallest absolute Gasteiger partial charge is 0.232 e. The predicted molar refractivity (Wildman–Crippen MR) is 79.2 cm³/mol. The molecule has 0 N–H and O–H groups in total. The molecule has 118 valence electrons. The second-order valence-corrected chi connectivity index (χ2v) is 6.02. The van der Waals surface area contributed by atoms with Crippen molar-refractivity contribution in [3.63, 3.8) is 0 Å². The Kier molecular flexibility index (Phi) is 4.65. The van der Waals surface area contributed by atoms with Gasteiger partial charge in [0.2, 0.25) is 11.8 Å². The van der Waals surface area contributed by atoms with Crippen molar-refractivity contribution in [3.05, 3.63) is 18.6 Å². The lowest BCUT2D eigenvalue weighted by atomic mass is 9.87. The van der Waals surface area contributed by atoms with Gasteiger partial charge in [-0.15, -0.1) is 0 Å². The van der Waals surface area contributed by atoms with E-state index in [1.165, 1.54) is 0 Å². The van der Waals surface area contributed by atoms with Crippen molar-refractivity contribution in [2.24, 2.45) is 5.92 Å². The van der Waals surface area contributed by atoms with Crippen LogP contribution in [0.3, 0.4) is 0 Å². The van der Waals surface area contributed by atoms with E-state index < -0.39 is 0 Å².